The van der Waals surface area contributed by atoms with Crippen LogP contribution in [-0.4, -0.2) is 41.1 Å². The highest BCUT2D eigenvalue weighted by Crippen LogP contribution is 2.29. The first kappa shape index (κ1) is 13.8. The molecule has 0 aromatic heterocycles. The normalized spacial score (nSPS) is 29.4. The molecular formula is C14H26N2O2. The predicted molar refractivity (Wildman–Crippen MR) is 71.0 cm³/mol. The van der Waals surface area contributed by atoms with E-state index in [1.165, 1.54) is 19.3 Å². The van der Waals surface area contributed by atoms with Gasteiger partial charge in [-0.2, -0.15) is 0 Å². The molecule has 1 amide bonds. The first-order chi connectivity index (χ1) is 8.74. The number of amides is 1. The molecule has 2 aliphatic carbocycles. The number of hydrogen-bond acceptors (Lipinski definition) is 3. The molecule has 2 saturated carbocycles. The molecule has 4 nitrogen and oxygen atoms in total. The summed E-state index contributed by atoms with van der Waals surface area (Å²) >= 11 is 0. The zero-order valence-corrected chi connectivity index (χ0v) is 11.2. The van der Waals surface area contributed by atoms with Crippen LogP contribution < -0.4 is 5.73 Å². The number of carbonyl (C=O) groups is 1. The monoisotopic (exact) mass is 254 g/mol. The maximum Gasteiger partial charge on any atom is 0.227 e. The van der Waals surface area contributed by atoms with Crippen molar-refractivity contribution in [3.8, 4) is 0 Å². The Morgan fingerprint density at radius 3 is 2.39 bits per heavy atom. The fourth-order valence-corrected chi connectivity index (χ4v) is 3.48. The van der Waals surface area contributed by atoms with E-state index in [9.17, 15) is 9.90 Å². The minimum absolute atomic E-state index is 0.00141. The molecule has 0 saturated heterocycles. The minimum Gasteiger partial charge on any atom is -0.395 e. The van der Waals surface area contributed by atoms with E-state index in [2.05, 4.69) is 0 Å². The summed E-state index contributed by atoms with van der Waals surface area (Å²) in [6.07, 6.45) is 8.83. The number of hydrogen-bond donors (Lipinski definition) is 2. The third kappa shape index (κ3) is 3.04. The van der Waals surface area contributed by atoms with Crippen LogP contribution in [0.15, 0.2) is 0 Å². The van der Waals surface area contributed by atoms with Gasteiger partial charge in [-0.25, -0.2) is 0 Å². The van der Waals surface area contributed by atoms with Crippen LogP contribution in [0.5, 0.6) is 0 Å². The highest BCUT2D eigenvalue weighted by atomic mass is 16.3. The van der Waals surface area contributed by atoms with Crippen molar-refractivity contribution in [2.45, 2.75) is 63.5 Å². The Morgan fingerprint density at radius 1 is 1.11 bits per heavy atom. The standard InChI is InChI=1S/C14H26N2O2/c15-13-8-4-7-12(13)14(18)16(9-10-17)11-5-2-1-3-6-11/h11-13,17H,1-10,15H2. The number of carbonyl (C=O) groups excluding carboxylic acids is 1. The largest absolute Gasteiger partial charge is 0.395 e. The van der Waals surface area contributed by atoms with Crippen LogP contribution in [0.1, 0.15) is 51.4 Å². The quantitative estimate of drug-likeness (QED) is 0.794. The molecule has 0 spiro atoms. The topological polar surface area (TPSA) is 66.6 Å². The van der Waals surface area contributed by atoms with Crippen molar-refractivity contribution in [2.24, 2.45) is 11.7 Å². The first-order valence-corrected chi connectivity index (χ1v) is 7.41. The Bertz CT molecular complexity index is 277. The molecule has 2 fully saturated rings. The summed E-state index contributed by atoms with van der Waals surface area (Å²) in [7, 11) is 0. The van der Waals surface area contributed by atoms with Crippen molar-refractivity contribution in [3.05, 3.63) is 0 Å². The highest BCUT2D eigenvalue weighted by molar-refractivity contribution is 5.80. The maximum atomic E-state index is 12.6. The van der Waals surface area contributed by atoms with E-state index in [0.717, 1.165) is 32.1 Å². The van der Waals surface area contributed by atoms with Crippen LogP contribution in [0.3, 0.4) is 0 Å². The lowest BCUT2D eigenvalue weighted by molar-refractivity contribution is -0.139. The van der Waals surface area contributed by atoms with E-state index < -0.39 is 0 Å². The molecule has 0 bridgehead atoms. The van der Waals surface area contributed by atoms with Gasteiger partial charge in [0.25, 0.3) is 0 Å². The highest BCUT2D eigenvalue weighted by Gasteiger charge is 2.35. The molecular weight excluding hydrogens is 228 g/mol. The lowest BCUT2D eigenvalue weighted by Gasteiger charge is -2.36. The molecule has 2 atom stereocenters. The van der Waals surface area contributed by atoms with Gasteiger partial charge >= 0.3 is 0 Å². The van der Waals surface area contributed by atoms with Crippen LogP contribution in [0.4, 0.5) is 0 Å². The number of rotatable bonds is 4. The van der Waals surface area contributed by atoms with Crippen LogP contribution in [0, 0.1) is 5.92 Å². The van der Waals surface area contributed by atoms with Crippen molar-refractivity contribution < 1.29 is 9.90 Å². The molecule has 2 rings (SSSR count). The Kier molecular flexibility index (Phi) is 5.01. The van der Waals surface area contributed by atoms with Gasteiger partial charge in [-0.1, -0.05) is 25.7 Å². The first-order valence-electron chi connectivity index (χ1n) is 7.41. The van der Waals surface area contributed by atoms with Crippen molar-refractivity contribution in [3.63, 3.8) is 0 Å². The summed E-state index contributed by atoms with van der Waals surface area (Å²) in [5, 5.41) is 9.20. The van der Waals surface area contributed by atoms with Gasteiger partial charge in [0, 0.05) is 18.6 Å². The van der Waals surface area contributed by atoms with E-state index >= 15 is 0 Å². The number of aliphatic hydroxyl groups is 1. The second kappa shape index (κ2) is 6.53. The summed E-state index contributed by atoms with van der Waals surface area (Å²) in [6, 6.07) is 0.369. The van der Waals surface area contributed by atoms with Crippen molar-refractivity contribution in [1.29, 1.82) is 0 Å². The Hall–Kier alpha value is -0.610. The number of nitrogens with zero attached hydrogens (tertiary/aromatic N) is 1. The summed E-state index contributed by atoms with van der Waals surface area (Å²) < 4.78 is 0. The molecule has 3 N–H and O–H groups in total. The van der Waals surface area contributed by atoms with Gasteiger partial charge in [-0.05, 0) is 25.7 Å². The average Bonchev–Trinajstić information content (AvgIpc) is 2.82. The lowest BCUT2D eigenvalue weighted by atomic mass is 9.92. The predicted octanol–water partition coefficient (Wildman–Crippen LogP) is 1.27. The molecule has 4 heteroatoms. The smallest absolute Gasteiger partial charge is 0.227 e. The molecule has 18 heavy (non-hydrogen) atoms. The SMILES string of the molecule is NC1CCCC1C(=O)N(CCO)C1CCCCC1. The van der Waals surface area contributed by atoms with Crippen molar-refractivity contribution >= 4 is 5.91 Å². The number of aliphatic hydroxyl groups excluding tert-OH is 1. The van der Waals surface area contributed by atoms with E-state index in [1.54, 1.807) is 0 Å². The van der Waals surface area contributed by atoms with Gasteiger partial charge in [0.1, 0.15) is 0 Å². The molecule has 104 valence electrons. The fourth-order valence-electron chi connectivity index (χ4n) is 3.48. The zero-order chi connectivity index (χ0) is 13.0. The summed E-state index contributed by atoms with van der Waals surface area (Å²) in [5.41, 5.74) is 6.03. The van der Waals surface area contributed by atoms with Crippen LogP contribution in [0.2, 0.25) is 0 Å². The van der Waals surface area contributed by atoms with Gasteiger partial charge in [0.05, 0.1) is 12.5 Å². The van der Waals surface area contributed by atoms with Gasteiger partial charge in [0.2, 0.25) is 5.91 Å². The van der Waals surface area contributed by atoms with Gasteiger partial charge in [-0.15, -0.1) is 0 Å². The molecule has 2 aliphatic rings. The molecule has 0 heterocycles. The molecule has 2 unspecified atom stereocenters. The van der Waals surface area contributed by atoms with Crippen molar-refractivity contribution in [1.82, 2.24) is 4.90 Å². The van der Waals surface area contributed by atoms with Gasteiger partial charge in [0.15, 0.2) is 0 Å². The second-order valence-electron chi connectivity index (χ2n) is 5.75. The summed E-state index contributed by atoms with van der Waals surface area (Å²) in [4.78, 5) is 14.5. The second-order valence-corrected chi connectivity index (χ2v) is 5.75. The third-order valence-electron chi connectivity index (χ3n) is 4.53. The van der Waals surface area contributed by atoms with Crippen LogP contribution in [-0.2, 0) is 4.79 Å². The molecule has 0 aromatic carbocycles. The molecule has 0 aliphatic heterocycles. The van der Waals surface area contributed by atoms with E-state index in [4.69, 9.17) is 5.73 Å². The van der Waals surface area contributed by atoms with E-state index in [0.29, 0.717) is 12.6 Å². The molecule has 0 aromatic rings. The third-order valence-corrected chi connectivity index (χ3v) is 4.53. The van der Waals surface area contributed by atoms with Crippen molar-refractivity contribution in [2.75, 3.05) is 13.2 Å². The van der Waals surface area contributed by atoms with E-state index in [1.807, 2.05) is 4.90 Å². The van der Waals surface area contributed by atoms with Gasteiger partial charge < -0.3 is 15.7 Å². The molecule has 0 radical (unpaired) electrons. The summed E-state index contributed by atoms with van der Waals surface area (Å²) in [5.74, 6) is 0.194. The minimum atomic E-state index is -0.00141. The zero-order valence-electron chi connectivity index (χ0n) is 11.2. The van der Waals surface area contributed by atoms with Gasteiger partial charge in [-0.3, -0.25) is 4.79 Å². The number of nitrogens with two attached hydrogens (primary N) is 1. The fraction of sp³-hybridized carbons (Fsp3) is 0.929. The Morgan fingerprint density at radius 2 is 1.83 bits per heavy atom. The van der Waals surface area contributed by atoms with Crippen LogP contribution >= 0.6 is 0 Å². The maximum absolute atomic E-state index is 12.6. The Balaban J connectivity index is 2.01. The lowest BCUT2D eigenvalue weighted by Crippen LogP contribution is -2.48. The average molecular weight is 254 g/mol. The van der Waals surface area contributed by atoms with Crippen LogP contribution in [0.25, 0.3) is 0 Å². The summed E-state index contributed by atoms with van der Waals surface area (Å²) in [6.45, 7) is 0.539. The van der Waals surface area contributed by atoms with E-state index in [-0.39, 0.29) is 24.5 Å². The Labute approximate surface area is 110 Å².